The molecule has 0 aromatic carbocycles. The van der Waals surface area contributed by atoms with Gasteiger partial charge in [-0.2, -0.15) is 4.98 Å². The van der Waals surface area contributed by atoms with Gasteiger partial charge in [0.1, 0.15) is 4.88 Å². The van der Waals surface area contributed by atoms with Gasteiger partial charge >= 0.3 is 0 Å². The highest BCUT2D eigenvalue weighted by molar-refractivity contribution is 7.13. The summed E-state index contributed by atoms with van der Waals surface area (Å²) in [6.07, 6.45) is 0.592. The number of amides is 1. The van der Waals surface area contributed by atoms with Crippen molar-refractivity contribution < 1.29 is 9.32 Å². The van der Waals surface area contributed by atoms with Gasteiger partial charge in [0.05, 0.1) is 11.2 Å². The molecule has 0 fully saturated rings. The molecule has 1 amide bonds. The maximum Gasteiger partial charge on any atom is 0.269 e. The van der Waals surface area contributed by atoms with Crippen LogP contribution in [0, 0.1) is 6.92 Å². The first-order chi connectivity index (χ1) is 9.11. The maximum atomic E-state index is 11.3. The summed E-state index contributed by atoms with van der Waals surface area (Å²) >= 11 is 1.48. The van der Waals surface area contributed by atoms with Gasteiger partial charge in [-0.15, -0.1) is 11.3 Å². The fraction of sp³-hybridized carbons (Fsp3) is 0.500. The Morgan fingerprint density at radius 3 is 2.89 bits per heavy atom. The van der Waals surface area contributed by atoms with E-state index in [1.54, 1.807) is 17.3 Å². The van der Waals surface area contributed by atoms with E-state index in [1.165, 1.54) is 11.3 Å². The molecule has 0 aliphatic heterocycles. The molecule has 0 unspecified atom stereocenters. The lowest BCUT2D eigenvalue weighted by Gasteiger charge is -2.17. The molecule has 0 bridgehead atoms. The van der Waals surface area contributed by atoms with E-state index in [-0.39, 0.29) is 5.91 Å². The third-order valence-corrected chi connectivity index (χ3v) is 3.76. The summed E-state index contributed by atoms with van der Waals surface area (Å²) in [6.45, 7) is 6.71. The first-order valence-corrected chi connectivity index (χ1v) is 6.98. The summed E-state index contributed by atoms with van der Waals surface area (Å²) in [5, 5.41) is 3.93. The van der Waals surface area contributed by atoms with Crippen LogP contribution in [-0.2, 0) is 11.2 Å². The van der Waals surface area contributed by atoms with Crippen LogP contribution < -0.4 is 0 Å². The third-order valence-electron chi connectivity index (χ3n) is 2.84. The second-order valence-corrected chi connectivity index (χ2v) is 4.99. The van der Waals surface area contributed by atoms with Crippen molar-refractivity contribution in [3.05, 3.63) is 17.0 Å². The average Bonchev–Trinajstić information content (AvgIpc) is 2.98. The second-order valence-electron chi connectivity index (χ2n) is 4.13. The van der Waals surface area contributed by atoms with E-state index in [1.807, 2.05) is 13.8 Å². The lowest BCUT2D eigenvalue weighted by molar-refractivity contribution is -0.128. The molecule has 0 aliphatic rings. The van der Waals surface area contributed by atoms with E-state index in [0.29, 0.717) is 31.2 Å². The number of thiazole rings is 1. The van der Waals surface area contributed by atoms with E-state index in [2.05, 4.69) is 15.1 Å². The summed E-state index contributed by atoms with van der Waals surface area (Å²) in [5.74, 6) is 1.17. The Hall–Kier alpha value is -1.76. The van der Waals surface area contributed by atoms with Gasteiger partial charge < -0.3 is 9.42 Å². The molecule has 2 heterocycles. The molecule has 0 saturated heterocycles. The number of aromatic nitrogens is 3. The number of carbonyl (C=O) groups excluding carboxylic acids is 1. The Kier molecular flexibility index (Phi) is 4.26. The van der Waals surface area contributed by atoms with Gasteiger partial charge in [0.2, 0.25) is 5.91 Å². The fourth-order valence-corrected chi connectivity index (χ4v) is 2.45. The smallest absolute Gasteiger partial charge is 0.269 e. The van der Waals surface area contributed by atoms with Crippen molar-refractivity contribution >= 4 is 17.2 Å². The normalized spacial score (nSPS) is 10.7. The van der Waals surface area contributed by atoms with Gasteiger partial charge in [-0.1, -0.05) is 5.16 Å². The Bertz CT molecular complexity index is 564. The molecule has 0 radical (unpaired) electrons. The Balaban J connectivity index is 2.02. The zero-order valence-electron chi connectivity index (χ0n) is 11.2. The van der Waals surface area contributed by atoms with Gasteiger partial charge in [0, 0.05) is 26.4 Å². The largest absolute Gasteiger partial charge is 0.343 e. The van der Waals surface area contributed by atoms with Crippen molar-refractivity contribution in [1.29, 1.82) is 0 Å². The molecular weight excluding hydrogens is 264 g/mol. The van der Waals surface area contributed by atoms with Crippen molar-refractivity contribution in [1.82, 2.24) is 20.0 Å². The Morgan fingerprint density at radius 1 is 1.53 bits per heavy atom. The van der Waals surface area contributed by atoms with E-state index in [0.717, 1.165) is 10.6 Å². The Morgan fingerprint density at radius 2 is 2.32 bits per heavy atom. The number of hydrogen-bond acceptors (Lipinski definition) is 6. The van der Waals surface area contributed by atoms with Crippen LogP contribution in [0.3, 0.4) is 0 Å². The third kappa shape index (κ3) is 3.17. The quantitative estimate of drug-likeness (QED) is 0.836. The van der Waals surface area contributed by atoms with Crippen LogP contribution in [-0.4, -0.2) is 39.0 Å². The second kappa shape index (κ2) is 5.92. The molecular formula is C12H16N4O2S. The van der Waals surface area contributed by atoms with Crippen LogP contribution in [0.1, 0.15) is 25.4 Å². The molecule has 0 aliphatic carbocycles. The number of nitrogens with zero attached hydrogens (tertiary/aromatic N) is 4. The standard InChI is InChI=1S/C12H16N4O2S/c1-4-16(9(3)17)6-5-10-14-12(18-15-10)11-8(2)13-7-19-11/h7H,4-6H2,1-3H3. The highest BCUT2D eigenvalue weighted by Crippen LogP contribution is 2.25. The van der Waals surface area contributed by atoms with Crippen LogP contribution in [0.4, 0.5) is 0 Å². The van der Waals surface area contributed by atoms with Crippen LogP contribution in [0.5, 0.6) is 0 Å². The zero-order chi connectivity index (χ0) is 13.8. The lowest BCUT2D eigenvalue weighted by atomic mass is 10.3. The average molecular weight is 280 g/mol. The number of aryl methyl sites for hydroxylation is 1. The molecule has 19 heavy (non-hydrogen) atoms. The SMILES string of the molecule is CCN(CCc1noc(-c2scnc2C)n1)C(C)=O. The summed E-state index contributed by atoms with van der Waals surface area (Å²) in [5.41, 5.74) is 2.64. The highest BCUT2D eigenvalue weighted by atomic mass is 32.1. The van der Waals surface area contributed by atoms with Gasteiger partial charge in [0.25, 0.3) is 5.89 Å². The minimum atomic E-state index is 0.0597. The van der Waals surface area contributed by atoms with Crippen molar-refractivity contribution in [3.8, 4) is 10.8 Å². The lowest BCUT2D eigenvalue weighted by Crippen LogP contribution is -2.30. The topological polar surface area (TPSA) is 72.1 Å². The minimum Gasteiger partial charge on any atom is -0.343 e. The maximum absolute atomic E-state index is 11.3. The van der Waals surface area contributed by atoms with Crippen molar-refractivity contribution in [2.45, 2.75) is 27.2 Å². The number of carbonyl (C=O) groups is 1. The molecule has 0 atom stereocenters. The molecule has 2 aromatic heterocycles. The van der Waals surface area contributed by atoms with E-state index in [4.69, 9.17) is 4.52 Å². The summed E-state index contributed by atoms with van der Waals surface area (Å²) < 4.78 is 5.22. The summed E-state index contributed by atoms with van der Waals surface area (Å²) in [7, 11) is 0. The van der Waals surface area contributed by atoms with Crippen molar-refractivity contribution in [3.63, 3.8) is 0 Å². The van der Waals surface area contributed by atoms with Crippen molar-refractivity contribution in [2.75, 3.05) is 13.1 Å². The molecule has 2 aromatic rings. The highest BCUT2D eigenvalue weighted by Gasteiger charge is 2.14. The predicted octanol–water partition coefficient (Wildman–Crippen LogP) is 1.91. The molecule has 0 spiro atoms. The number of likely N-dealkylation sites (N-methyl/N-ethyl adjacent to an activating group) is 1. The van der Waals surface area contributed by atoms with Crippen LogP contribution >= 0.6 is 11.3 Å². The first kappa shape index (κ1) is 13.7. The molecule has 102 valence electrons. The number of rotatable bonds is 5. The van der Waals surface area contributed by atoms with Gasteiger partial charge in [0.15, 0.2) is 5.82 Å². The molecule has 0 N–H and O–H groups in total. The molecule has 0 saturated carbocycles. The minimum absolute atomic E-state index is 0.0597. The number of hydrogen-bond donors (Lipinski definition) is 0. The first-order valence-electron chi connectivity index (χ1n) is 6.10. The Labute approximate surface area is 115 Å². The summed E-state index contributed by atoms with van der Waals surface area (Å²) in [4.78, 5) is 22.4. The van der Waals surface area contributed by atoms with Gasteiger partial charge in [-0.25, -0.2) is 4.98 Å². The van der Waals surface area contributed by atoms with E-state index in [9.17, 15) is 4.79 Å². The molecule has 7 heteroatoms. The summed E-state index contributed by atoms with van der Waals surface area (Å²) in [6, 6.07) is 0. The fourth-order valence-electron chi connectivity index (χ4n) is 1.73. The van der Waals surface area contributed by atoms with Crippen LogP contribution in [0.25, 0.3) is 10.8 Å². The van der Waals surface area contributed by atoms with E-state index >= 15 is 0 Å². The zero-order valence-corrected chi connectivity index (χ0v) is 12.0. The molecule has 2 rings (SSSR count). The van der Waals surface area contributed by atoms with Gasteiger partial charge in [-0.05, 0) is 13.8 Å². The predicted molar refractivity (Wildman–Crippen MR) is 71.8 cm³/mol. The van der Waals surface area contributed by atoms with E-state index < -0.39 is 0 Å². The molecule has 6 nitrogen and oxygen atoms in total. The van der Waals surface area contributed by atoms with Crippen LogP contribution in [0.2, 0.25) is 0 Å². The van der Waals surface area contributed by atoms with Crippen molar-refractivity contribution in [2.24, 2.45) is 0 Å². The van der Waals surface area contributed by atoms with Crippen LogP contribution in [0.15, 0.2) is 10.0 Å². The van der Waals surface area contributed by atoms with Gasteiger partial charge in [-0.3, -0.25) is 4.79 Å². The monoisotopic (exact) mass is 280 g/mol.